The van der Waals surface area contributed by atoms with Crippen LogP contribution < -0.4 is 10.1 Å². The maximum Gasteiger partial charge on any atom is 0.165 e. The van der Waals surface area contributed by atoms with E-state index in [9.17, 15) is 12.8 Å². The maximum absolute atomic E-state index is 14.0. The van der Waals surface area contributed by atoms with Gasteiger partial charge in [-0.15, -0.1) is 0 Å². The van der Waals surface area contributed by atoms with Gasteiger partial charge in [-0.2, -0.15) is 0 Å². The summed E-state index contributed by atoms with van der Waals surface area (Å²) in [6.07, 6.45) is -0.0105. The van der Waals surface area contributed by atoms with Crippen molar-refractivity contribution in [1.29, 1.82) is 0 Å². The van der Waals surface area contributed by atoms with E-state index in [-0.39, 0.29) is 23.3 Å². The monoisotopic (exact) mass is 301 g/mol. The number of hydrogen-bond donors (Lipinski definition) is 1. The summed E-state index contributed by atoms with van der Waals surface area (Å²) in [6.45, 7) is 4.76. The van der Waals surface area contributed by atoms with Gasteiger partial charge in [0.25, 0.3) is 0 Å². The number of rotatable bonds is 5. The zero-order chi connectivity index (χ0) is 14.8. The van der Waals surface area contributed by atoms with Crippen molar-refractivity contribution >= 4 is 9.84 Å². The molecule has 4 nitrogen and oxygen atoms in total. The number of benzene rings is 1. The molecule has 0 aromatic heterocycles. The minimum atomic E-state index is -3.01. The molecule has 1 aliphatic heterocycles. The van der Waals surface area contributed by atoms with Crippen LogP contribution in [0, 0.1) is 5.82 Å². The summed E-state index contributed by atoms with van der Waals surface area (Å²) >= 11 is 0. The quantitative estimate of drug-likeness (QED) is 0.904. The van der Waals surface area contributed by atoms with Gasteiger partial charge in [0, 0.05) is 6.04 Å². The van der Waals surface area contributed by atoms with E-state index in [0.29, 0.717) is 6.42 Å². The molecular formula is C14H20FNO3S. The minimum Gasteiger partial charge on any atom is -0.486 e. The van der Waals surface area contributed by atoms with E-state index in [1.165, 1.54) is 6.07 Å². The first-order valence-electron chi connectivity index (χ1n) is 6.81. The second-order valence-electron chi connectivity index (χ2n) is 5.11. The molecule has 0 radical (unpaired) electrons. The normalized spacial score (nSPS) is 22.6. The Hall–Kier alpha value is -1.14. The Morgan fingerprint density at radius 1 is 1.50 bits per heavy atom. The van der Waals surface area contributed by atoms with Crippen LogP contribution in [0.15, 0.2) is 18.2 Å². The van der Waals surface area contributed by atoms with Gasteiger partial charge in [-0.25, -0.2) is 12.8 Å². The molecule has 2 rings (SSSR count). The Kier molecular flexibility index (Phi) is 4.65. The highest BCUT2D eigenvalue weighted by atomic mass is 32.2. The van der Waals surface area contributed by atoms with Crippen molar-refractivity contribution in [2.24, 2.45) is 0 Å². The van der Waals surface area contributed by atoms with Crippen molar-refractivity contribution < 1.29 is 17.5 Å². The van der Waals surface area contributed by atoms with Crippen LogP contribution in [-0.2, 0) is 9.84 Å². The molecule has 0 bridgehead atoms. The van der Waals surface area contributed by atoms with Gasteiger partial charge in [0.05, 0.1) is 11.5 Å². The van der Waals surface area contributed by atoms with Gasteiger partial charge >= 0.3 is 0 Å². The van der Waals surface area contributed by atoms with Gasteiger partial charge in [-0.1, -0.05) is 13.0 Å². The fourth-order valence-electron chi connectivity index (χ4n) is 2.34. The van der Waals surface area contributed by atoms with Gasteiger partial charge < -0.3 is 10.1 Å². The van der Waals surface area contributed by atoms with Crippen molar-refractivity contribution in [3.63, 3.8) is 0 Å². The fourth-order valence-corrected chi connectivity index (χ4v) is 3.93. The first kappa shape index (κ1) is 15.3. The summed E-state index contributed by atoms with van der Waals surface area (Å²) in [4.78, 5) is 0. The molecule has 2 unspecified atom stereocenters. The average molecular weight is 301 g/mol. The highest BCUT2D eigenvalue weighted by Gasteiger charge is 2.30. The van der Waals surface area contributed by atoms with Gasteiger partial charge in [0.15, 0.2) is 21.4 Å². The third-order valence-electron chi connectivity index (χ3n) is 3.45. The molecule has 1 aliphatic rings. The predicted molar refractivity (Wildman–Crippen MR) is 76.2 cm³/mol. The van der Waals surface area contributed by atoms with Crippen LogP contribution in [0.1, 0.15) is 31.9 Å². The van der Waals surface area contributed by atoms with Gasteiger partial charge in [0.2, 0.25) is 0 Å². The summed E-state index contributed by atoms with van der Waals surface area (Å²) in [6, 6.07) is 4.88. The molecule has 1 aromatic carbocycles. The van der Waals surface area contributed by atoms with Crippen molar-refractivity contribution in [3.05, 3.63) is 29.6 Å². The Morgan fingerprint density at radius 3 is 2.80 bits per heavy atom. The summed E-state index contributed by atoms with van der Waals surface area (Å²) in [5.41, 5.74) is 0.843. The van der Waals surface area contributed by atoms with Crippen molar-refractivity contribution in [3.8, 4) is 5.75 Å². The second kappa shape index (κ2) is 6.10. The number of nitrogens with one attached hydrogen (secondary N) is 1. The van der Waals surface area contributed by atoms with Crippen LogP contribution >= 0.6 is 0 Å². The van der Waals surface area contributed by atoms with Crippen LogP contribution in [-0.4, -0.2) is 32.6 Å². The zero-order valence-electron chi connectivity index (χ0n) is 11.7. The van der Waals surface area contributed by atoms with E-state index >= 15 is 0 Å². The lowest BCUT2D eigenvalue weighted by atomic mass is 10.1. The Balaban J connectivity index is 2.07. The summed E-state index contributed by atoms with van der Waals surface area (Å²) in [5.74, 6) is -0.229. The number of sulfone groups is 1. The first-order valence-corrected chi connectivity index (χ1v) is 8.63. The largest absolute Gasteiger partial charge is 0.486 e. The summed E-state index contributed by atoms with van der Waals surface area (Å²) in [7, 11) is -3.01. The molecule has 1 heterocycles. The molecule has 1 fully saturated rings. The number of halogens is 1. The van der Waals surface area contributed by atoms with E-state index < -0.39 is 21.8 Å². The van der Waals surface area contributed by atoms with Crippen LogP contribution in [0.2, 0.25) is 0 Å². The maximum atomic E-state index is 14.0. The van der Waals surface area contributed by atoms with Crippen molar-refractivity contribution in [2.75, 3.05) is 18.1 Å². The molecule has 1 aromatic rings. The molecule has 6 heteroatoms. The molecular weight excluding hydrogens is 281 g/mol. The molecule has 0 saturated carbocycles. The molecule has 2 atom stereocenters. The summed E-state index contributed by atoms with van der Waals surface area (Å²) < 4.78 is 42.2. The Bertz CT molecular complexity index is 574. The minimum absolute atomic E-state index is 0.0258. The first-order chi connectivity index (χ1) is 9.41. The molecule has 0 spiro atoms. The van der Waals surface area contributed by atoms with Gasteiger partial charge in [0.1, 0.15) is 6.10 Å². The third kappa shape index (κ3) is 3.70. The highest BCUT2D eigenvalue weighted by molar-refractivity contribution is 7.91. The lowest BCUT2D eigenvalue weighted by molar-refractivity contribution is 0.218. The van der Waals surface area contributed by atoms with Crippen LogP contribution in [0.4, 0.5) is 4.39 Å². The van der Waals surface area contributed by atoms with Crippen LogP contribution in [0.5, 0.6) is 5.75 Å². The summed E-state index contributed by atoms with van der Waals surface area (Å²) in [5, 5.41) is 3.21. The molecule has 0 amide bonds. The van der Waals surface area contributed by atoms with Crippen LogP contribution in [0.3, 0.4) is 0 Å². The van der Waals surface area contributed by atoms with Crippen molar-refractivity contribution in [2.45, 2.75) is 32.4 Å². The number of hydrogen-bond acceptors (Lipinski definition) is 4. The van der Waals surface area contributed by atoms with E-state index in [4.69, 9.17) is 4.74 Å². The molecule has 1 saturated heterocycles. The SMILES string of the molecule is CCNC(C)c1ccc(OC2CCS(=O)(=O)C2)c(F)c1. The van der Waals surface area contributed by atoms with E-state index in [0.717, 1.165) is 12.1 Å². The van der Waals surface area contributed by atoms with E-state index in [1.807, 2.05) is 13.8 Å². The highest BCUT2D eigenvalue weighted by Crippen LogP contribution is 2.25. The lowest BCUT2D eigenvalue weighted by Gasteiger charge is -2.16. The standard InChI is InChI=1S/C14H20FNO3S/c1-3-16-10(2)11-4-5-14(13(15)8-11)19-12-6-7-20(17,18)9-12/h4-5,8,10,12,16H,3,6-7,9H2,1-2H3. The Morgan fingerprint density at radius 2 is 2.25 bits per heavy atom. The second-order valence-corrected chi connectivity index (χ2v) is 7.34. The molecule has 0 aliphatic carbocycles. The topological polar surface area (TPSA) is 55.4 Å². The van der Waals surface area contributed by atoms with Gasteiger partial charge in [-0.05, 0) is 37.6 Å². The Labute approximate surface area is 119 Å². The number of ether oxygens (including phenoxy) is 1. The molecule has 20 heavy (non-hydrogen) atoms. The lowest BCUT2D eigenvalue weighted by Crippen LogP contribution is -2.19. The van der Waals surface area contributed by atoms with Crippen molar-refractivity contribution in [1.82, 2.24) is 5.32 Å². The third-order valence-corrected chi connectivity index (χ3v) is 5.19. The van der Waals surface area contributed by atoms with E-state index in [1.54, 1.807) is 12.1 Å². The van der Waals surface area contributed by atoms with Gasteiger partial charge in [-0.3, -0.25) is 0 Å². The predicted octanol–water partition coefficient (Wildman–Crippen LogP) is 2.06. The smallest absolute Gasteiger partial charge is 0.165 e. The van der Waals surface area contributed by atoms with Crippen LogP contribution in [0.25, 0.3) is 0 Å². The fraction of sp³-hybridized carbons (Fsp3) is 0.571. The molecule has 1 N–H and O–H groups in total. The zero-order valence-corrected chi connectivity index (χ0v) is 12.5. The van der Waals surface area contributed by atoms with E-state index in [2.05, 4.69) is 5.32 Å². The molecule has 112 valence electrons. The average Bonchev–Trinajstić information content (AvgIpc) is 2.71.